The molecule has 0 aromatic carbocycles. The lowest BCUT2D eigenvalue weighted by atomic mass is 10.1. The van der Waals surface area contributed by atoms with Crippen LogP contribution in [0.2, 0.25) is 0 Å². The van der Waals surface area contributed by atoms with E-state index in [0.29, 0.717) is 5.57 Å². The lowest BCUT2D eigenvalue weighted by Crippen LogP contribution is -1.78. The van der Waals surface area contributed by atoms with Gasteiger partial charge in [0.1, 0.15) is 0 Å². The number of rotatable bonds is 5. The Morgan fingerprint density at radius 2 is 1.50 bits per heavy atom. The summed E-state index contributed by atoms with van der Waals surface area (Å²) in [5.41, 5.74) is 1.93. The highest BCUT2D eigenvalue weighted by atomic mass is 14.2. The summed E-state index contributed by atoms with van der Waals surface area (Å²) in [4.78, 5) is 0. The lowest BCUT2D eigenvalue weighted by molar-refractivity contribution is 1.50. The van der Waals surface area contributed by atoms with Gasteiger partial charge in [-0.25, -0.2) is 0 Å². The molecule has 0 aliphatic heterocycles. The molecule has 0 amide bonds. The van der Waals surface area contributed by atoms with Crippen LogP contribution in [0.3, 0.4) is 0 Å². The van der Waals surface area contributed by atoms with Crippen LogP contribution < -0.4 is 0 Å². The van der Waals surface area contributed by atoms with Gasteiger partial charge in [-0.15, -0.1) is 0 Å². The molecule has 0 rings (SSSR count). The molecule has 0 saturated heterocycles. The molecule has 0 saturated carbocycles. The van der Waals surface area contributed by atoms with Gasteiger partial charge in [0.25, 0.3) is 0 Å². The molecular weight excluding hydrogens is 194 g/mol. The van der Waals surface area contributed by atoms with Crippen LogP contribution in [0.1, 0.15) is 13.8 Å². The molecule has 0 heterocycles. The van der Waals surface area contributed by atoms with Crippen LogP contribution in [0.15, 0.2) is 73.4 Å². The van der Waals surface area contributed by atoms with Crippen LogP contribution in [0.5, 0.6) is 0 Å². The second-order valence-electron chi connectivity index (χ2n) is 2.62. The van der Waals surface area contributed by atoms with Gasteiger partial charge in [-0.3, -0.25) is 0 Å². The molecule has 0 N–H and O–H groups in total. The highest BCUT2D eigenvalue weighted by Crippen LogP contribution is 2.09. The molecule has 1 nitrogen and oxygen atoms in total. The average molecular weight is 213 g/mol. The molecule has 0 atom stereocenters. The molecule has 0 aromatic heterocycles. The van der Waals surface area contributed by atoms with Gasteiger partial charge >= 0.3 is 0 Å². The molecule has 84 valence electrons. The molecule has 0 aliphatic rings. The maximum atomic E-state index is 8.45. The first-order chi connectivity index (χ1) is 7.61. The maximum Gasteiger partial charge on any atom is 0.0985 e. The smallest absolute Gasteiger partial charge is 0.0985 e. The number of allylic oxidation sites excluding steroid dienone is 8. The van der Waals surface area contributed by atoms with Crippen molar-refractivity contribution >= 4 is 0 Å². The van der Waals surface area contributed by atoms with Crippen molar-refractivity contribution in [2.45, 2.75) is 13.8 Å². The third kappa shape index (κ3) is 8.52. The number of nitrogens with zero attached hydrogens (tertiary/aromatic N) is 1. The summed E-state index contributed by atoms with van der Waals surface area (Å²) in [7, 11) is 0. The molecule has 0 aromatic rings. The SMILES string of the molecule is C=C/C=C\C(=C)C(=C)/C=C\C(=C)C#N.CC. The molecular formula is C15H19N. The standard InChI is InChI=1S/C13H13N.C2H6/c1-5-6-7-12(3)13(4)9-8-11(2)10-14;1-2/h5-9H,1-4H2;1-2H3/b7-6-,9-8-;. The van der Waals surface area contributed by atoms with Gasteiger partial charge in [-0.05, 0) is 17.2 Å². The van der Waals surface area contributed by atoms with Gasteiger partial charge < -0.3 is 0 Å². The first-order valence-electron chi connectivity index (χ1n) is 5.06. The normalized spacial score (nSPS) is 9.06. The van der Waals surface area contributed by atoms with Crippen molar-refractivity contribution in [2.24, 2.45) is 0 Å². The summed E-state index contributed by atoms with van der Waals surface area (Å²) in [5, 5.41) is 8.45. The van der Waals surface area contributed by atoms with Crippen molar-refractivity contribution in [3.05, 3.63) is 73.4 Å². The fraction of sp³-hybridized carbons (Fsp3) is 0.133. The Morgan fingerprint density at radius 3 is 1.94 bits per heavy atom. The van der Waals surface area contributed by atoms with E-state index in [4.69, 9.17) is 5.26 Å². The monoisotopic (exact) mass is 213 g/mol. The van der Waals surface area contributed by atoms with Gasteiger partial charge in [-0.1, -0.05) is 64.5 Å². The largest absolute Gasteiger partial charge is 0.192 e. The van der Waals surface area contributed by atoms with E-state index in [1.807, 2.05) is 19.9 Å². The molecule has 0 fully saturated rings. The molecule has 0 aliphatic carbocycles. The summed E-state index contributed by atoms with van der Waals surface area (Å²) in [6, 6.07) is 1.92. The molecule has 0 radical (unpaired) electrons. The average Bonchev–Trinajstić information content (AvgIpc) is 2.34. The van der Waals surface area contributed by atoms with E-state index in [-0.39, 0.29) is 0 Å². The predicted molar refractivity (Wildman–Crippen MR) is 72.9 cm³/mol. The highest BCUT2D eigenvalue weighted by Gasteiger charge is 1.90. The summed E-state index contributed by atoms with van der Waals surface area (Å²) >= 11 is 0. The van der Waals surface area contributed by atoms with Crippen LogP contribution in [-0.2, 0) is 0 Å². The van der Waals surface area contributed by atoms with Gasteiger partial charge in [0.05, 0.1) is 6.07 Å². The Morgan fingerprint density at radius 1 is 1.00 bits per heavy atom. The minimum Gasteiger partial charge on any atom is -0.192 e. The Bertz CT molecular complexity index is 359. The zero-order valence-electron chi connectivity index (χ0n) is 10.2. The van der Waals surface area contributed by atoms with E-state index in [9.17, 15) is 0 Å². The summed E-state index contributed by atoms with van der Waals surface area (Å²) in [5.74, 6) is 0. The van der Waals surface area contributed by atoms with Gasteiger partial charge in [0.15, 0.2) is 0 Å². The molecule has 16 heavy (non-hydrogen) atoms. The maximum absolute atomic E-state index is 8.45. The molecule has 0 bridgehead atoms. The Hall–Kier alpha value is -2.07. The lowest BCUT2D eigenvalue weighted by Gasteiger charge is -1.96. The van der Waals surface area contributed by atoms with E-state index in [0.717, 1.165) is 11.1 Å². The third-order valence-corrected chi connectivity index (χ3v) is 1.48. The first-order valence-corrected chi connectivity index (χ1v) is 5.06. The zero-order valence-corrected chi connectivity index (χ0v) is 10.2. The fourth-order valence-electron chi connectivity index (χ4n) is 0.637. The Labute approximate surface area is 99.1 Å². The van der Waals surface area contributed by atoms with Crippen molar-refractivity contribution < 1.29 is 0 Å². The van der Waals surface area contributed by atoms with Gasteiger partial charge in [0, 0.05) is 5.57 Å². The van der Waals surface area contributed by atoms with Gasteiger partial charge in [-0.2, -0.15) is 5.26 Å². The zero-order chi connectivity index (χ0) is 13.0. The van der Waals surface area contributed by atoms with E-state index < -0.39 is 0 Å². The summed E-state index contributed by atoms with van der Waals surface area (Å²) < 4.78 is 0. The van der Waals surface area contributed by atoms with Crippen LogP contribution in [0.4, 0.5) is 0 Å². The van der Waals surface area contributed by atoms with Crippen molar-refractivity contribution in [3.8, 4) is 6.07 Å². The van der Waals surface area contributed by atoms with Crippen molar-refractivity contribution in [1.82, 2.24) is 0 Å². The minimum absolute atomic E-state index is 0.395. The van der Waals surface area contributed by atoms with E-state index >= 15 is 0 Å². The number of hydrogen-bond acceptors (Lipinski definition) is 1. The highest BCUT2D eigenvalue weighted by molar-refractivity contribution is 5.46. The van der Waals surface area contributed by atoms with Crippen molar-refractivity contribution in [1.29, 1.82) is 5.26 Å². The second kappa shape index (κ2) is 11.0. The number of nitriles is 1. The first kappa shape index (κ1) is 16.4. The third-order valence-electron chi connectivity index (χ3n) is 1.48. The number of hydrogen-bond donors (Lipinski definition) is 0. The summed E-state index contributed by atoms with van der Waals surface area (Å²) in [6.07, 6.45) is 8.56. The fourth-order valence-corrected chi connectivity index (χ4v) is 0.637. The Kier molecular flexibility index (Phi) is 11.3. The minimum atomic E-state index is 0.395. The summed E-state index contributed by atoms with van der Waals surface area (Å²) in [6.45, 7) is 18.6. The quantitative estimate of drug-likeness (QED) is 0.487. The molecule has 0 unspecified atom stereocenters. The predicted octanol–water partition coefficient (Wildman–Crippen LogP) is 4.50. The second-order valence-corrected chi connectivity index (χ2v) is 2.62. The van der Waals surface area contributed by atoms with Crippen LogP contribution in [0, 0.1) is 11.3 Å². The van der Waals surface area contributed by atoms with Crippen LogP contribution >= 0.6 is 0 Å². The Balaban J connectivity index is 0. The van der Waals surface area contributed by atoms with Crippen molar-refractivity contribution in [3.63, 3.8) is 0 Å². The van der Waals surface area contributed by atoms with Crippen LogP contribution in [-0.4, -0.2) is 0 Å². The molecule has 0 spiro atoms. The van der Waals surface area contributed by atoms with Crippen molar-refractivity contribution in [2.75, 3.05) is 0 Å². The van der Waals surface area contributed by atoms with E-state index in [2.05, 4.69) is 26.3 Å². The topological polar surface area (TPSA) is 23.8 Å². The van der Waals surface area contributed by atoms with E-state index in [1.165, 1.54) is 0 Å². The van der Waals surface area contributed by atoms with Gasteiger partial charge in [0.2, 0.25) is 0 Å². The van der Waals surface area contributed by atoms with Crippen LogP contribution in [0.25, 0.3) is 0 Å². The van der Waals surface area contributed by atoms with E-state index in [1.54, 1.807) is 30.4 Å². The molecule has 1 heteroatoms.